The lowest BCUT2D eigenvalue weighted by atomic mass is 9.94. The van der Waals surface area contributed by atoms with E-state index in [1.54, 1.807) is 13.8 Å². The van der Waals surface area contributed by atoms with E-state index in [4.69, 9.17) is 0 Å². The fraction of sp³-hybridized carbons (Fsp3) is 0.312. The summed E-state index contributed by atoms with van der Waals surface area (Å²) >= 11 is 0. The van der Waals surface area contributed by atoms with Crippen LogP contribution in [0.3, 0.4) is 0 Å². The number of anilines is 1. The van der Waals surface area contributed by atoms with Gasteiger partial charge in [-0.15, -0.1) is 0 Å². The first kappa shape index (κ1) is 16.1. The maximum absolute atomic E-state index is 13.4. The van der Waals surface area contributed by atoms with Crippen LogP contribution in [-0.2, 0) is 0 Å². The molecule has 0 aliphatic carbocycles. The molecular formula is C16H15F2N3O3. The first-order valence-electron chi connectivity index (χ1n) is 7.43. The Morgan fingerprint density at radius 1 is 1.17 bits per heavy atom. The van der Waals surface area contributed by atoms with Gasteiger partial charge in [-0.25, -0.2) is 13.6 Å². The number of aromatic amines is 1. The maximum Gasteiger partial charge on any atom is 0.330 e. The van der Waals surface area contributed by atoms with Gasteiger partial charge in [0.05, 0.1) is 6.04 Å². The van der Waals surface area contributed by atoms with Crippen molar-refractivity contribution in [2.24, 2.45) is 0 Å². The Morgan fingerprint density at radius 2 is 1.88 bits per heavy atom. The van der Waals surface area contributed by atoms with Gasteiger partial charge in [0.25, 0.3) is 5.56 Å². The number of halogens is 2. The Bertz CT molecular complexity index is 947. The number of carbonyl (C=O) groups is 1. The van der Waals surface area contributed by atoms with Gasteiger partial charge >= 0.3 is 5.69 Å². The van der Waals surface area contributed by atoms with Crippen molar-refractivity contribution in [2.45, 2.75) is 32.4 Å². The second-order valence-corrected chi connectivity index (χ2v) is 5.95. The van der Waals surface area contributed by atoms with Crippen LogP contribution in [0.4, 0.5) is 14.6 Å². The number of hydrogen-bond donors (Lipinski definition) is 2. The first-order chi connectivity index (χ1) is 11.3. The van der Waals surface area contributed by atoms with Gasteiger partial charge in [-0.3, -0.25) is 19.1 Å². The van der Waals surface area contributed by atoms with Crippen LogP contribution in [0.1, 0.15) is 48.3 Å². The summed E-state index contributed by atoms with van der Waals surface area (Å²) in [5.41, 5.74) is -1.08. The molecule has 126 valence electrons. The Morgan fingerprint density at radius 3 is 2.50 bits per heavy atom. The van der Waals surface area contributed by atoms with Gasteiger partial charge in [-0.2, -0.15) is 0 Å². The van der Waals surface area contributed by atoms with E-state index in [0.29, 0.717) is 5.56 Å². The van der Waals surface area contributed by atoms with Gasteiger partial charge < -0.3 is 5.32 Å². The summed E-state index contributed by atoms with van der Waals surface area (Å²) in [5, 5.41) is 2.86. The van der Waals surface area contributed by atoms with E-state index in [1.165, 1.54) is 6.07 Å². The van der Waals surface area contributed by atoms with E-state index < -0.39 is 40.8 Å². The number of aromatic nitrogens is 2. The SMILES string of the molecule is CC(C)n1c(=O)[nH]c2c(c1=O)C(=O)CC(c1ccc(F)c(F)c1)N2. The maximum atomic E-state index is 13.4. The molecule has 1 atom stereocenters. The molecule has 1 aromatic heterocycles. The molecule has 8 heteroatoms. The molecule has 1 aromatic carbocycles. The second kappa shape index (κ2) is 5.70. The molecule has 0 radical (unpaired) electrons. The Labute approximate surface area is 135 Å². The van der Waals surface area contributed by atoms with Crippen molar-refractivity contribution in [1.29, 1.82) is 0 Å². The Balaban J connectivity index is 2.08. The lowest BCUT2D eigenvalue weighted by Crippen LogP contribution is -2.42. The normalized spacial score (nSPS) is 16.9. The summed E-state index contributed by atoms with van der Waals surface area (Å²) in [7, 11) is 0. The van der Waals surface area contributed by atoms with Gasteiger partial charge in [-0.1, -0.05) is 6.07 Å². The summed E-state index contributed by atoms with van der Waals surface area (Å²) in [5.74, 6) is -2.48. The van der Waals surface area contributed by atoms with Crippen molar-refractivity contribution < 1.29 is 13.6 Å². The third kappa shape index (κ3) is 2.53. The molecule has 0 saturated carbocycles. The zero-order valence-corrected chi connectivity index (χ0v) is 13.0. The lowest BCUT2D eigenvalue weighted by Gasteiger charge is -2.26. The van der Waals surface area contributed by atoms with E-state index >= 15 is 0 Å². The highest BCUT2D eigenvalue weighted by molar-refractivity contribution is 6.02. The number of fused-ring (bicyclic) bond motifs is 1. The number of rotatable bonds is 2. The molecule has 2 N–H and O–H groups in total. The third-order valence-electron chi connectivity index (χ3n) is 3.98. The monoisotopic (exact) mass is 335 g/mol. The predicted octanol–water partition coefficient (Wildman–Crippen LogP) is 2.14. The first-order valence-corrected chi connectivity index (χ1v) is 7.43. The van der Waals surface area contributed by atoms with E-state index in [0.717, 1.165) is 16.7 Å². The number of Topliss-reactive ketones (excluding diaryl/α,β-unsaturated/α-hetero) is 1. The fourth-order valence-electron chi connectivity index (χ4n) is 2.83. The van der Waals surface area contributed by atoms with Crippen molar-refractivity contribution in [3.05, 3.63) is 61.8 Å². The summed E-state index contributed by atoms with van der Waals surface area (Å²) in [6, 6.07) is 2.24. The molecule has 3 rings (SSSR count). The van der Waals surface area contributed by atoms with Crippen molar-refractivity contribution >= 4 is 11.6 Å². The van der Waals surface area contributed by atoms with E-state index in [1.807, 2.05) is 0 Å². The smallest absolute Gasteiger partial charge is 0.330 e. The number of ketones is 1. The molecule has 0 amide bonds. The molecule has 1 aliphatic rings. The van der Waals surface area contributed by atoms with Crippen molar-refractivity contribution in [2.75, 3.05) is 5.32 Å². The van der Waals surface area contributed by atoms with Crippen LogP contribution in [-0.4, -0.2) is 15.3 Å². The van der Waals surface area contributed by atoms with Gasteiger partial charge in [-0.05, 0) is 31.5 Å². The van der Waals surface area contributed by atoms with Crippen molar-refractivity contribution in [3.8, 4) is 0 Å². The number of benzene rings is 1. The molecule has 24 heavy (non-hydrogen) atoms. The molecule has 2 aromatic rings. The average molecular weight is 335 g/mol. The third-order valence-corrected chi connectivity index (χ3v) is 3.98. The van der Waals surface area contributed by atoms with E-state index in [2.05, 4.69) is 10.3 Å². The largest absolute Gasteiger partial charge is 0.363 e. The average Bonchev–Trinajstić information content (AvgIpc) is 2.48. The minimum atomic E-state index is -1.03. The summed E-state index contributed by atoms with van der Waals surface area (Å²) in [6.45, 7) is 3.32. The molecule has 2 heterocycles. The topological polar surface area (TPSA) is 84.0 Å². The molecule has 1 unspecified atom stereocenters. The van der Waals surface area contributed by atoms with Crippen LogP contribution in [0, 0.1) is 11.6 Å². The van der Waals surface area contributed by atoms with Gasteiger partial charge in [0.2, 0.25) is 0 Å². The van der Waals surface area contributed by atoms with Crippen LogP contribution >= 0.6 is 0 Å². The van der Waals surface area contributed by atoms with Crippen molar-refractivity contribution in [1.82, 2.24) is 9.55 Å². The van der Waals surface area contributed by atoms with Crippen LogP contribution in [0.25, 0.3) is 0 Å². The van der Waals surface area contributed by atoms with Crippen molar-refractivity contribution in [3.63, 3.8) is 0 Å². The standard InChI is InChI=1S/C16H15F2N3O3/c1-7(2)21-15(23)13-12(22)6-11(19-14(13)20-16(21)24)8-3-4-9(17)10(18)5-8/h3-5,7,11,19H,6H2,1-2H3,(H,20,24). The lowest BCUT2D eigenvalue weighted by molar-refractivity contribution is 0.0969. The summed E-state index contributed by atoms with van der Waals surface area (Å²) < 4.78 is 27.4. The number of carbonyl (C=O) groups excluding carboxylic acids is 1. The molecule has 0 saturated heterocycles. The molecule has 0 bridgehead atoms. The van der Waals surface area contributed by atoms with Gasteiger partial charge in [0, 0.05) is 12.5 Å². The summed E-state index contributed by atoms with van der Waals surface area (Å²) in [4.78, 5) is 39.3. The zero-order valence-electron chi connectivity index (χ0n) is 13.0. The highest BCUT2D eigenvalue weighted by atomic mass is 19.2. The molecule has 0 spiro atoms. The minimum absolute atomic E-state index is 0.00730. The Hall–Kier alpha value is -2.77. The zero-order chi connectivity index (χ0) is 17.6. The molecule has 0 fully saturated rings. The van der Waals surface area contributed by atoms with E-state index in [-0.39, 0.29) is 17.8 Å². The highest BCUT2D eigenvalue weighted by Crippen LogP contribution is 2.30. The quantitative estimate of drug-likeness (QED) is 0.881. The number of hydrogen-bond acceptors (Lipinski definition) is 4. The number of nitrogens with one attached hydrogen (secondary N) is 2. The molecule has 1 aliphatic heterocycles. The van der Waals surface area contributed by atoms with Crippen LogP contribution < -0.4 is 16.6 Å². The van der Waals surface area contributed by atoms with Crippen LogP contribution in [0.15, 0.2) is 27.8 Å². The number of H-pyrrole nitrogens is 1. The van der Waals surface area contributed by atoms with Crippen LogP contribution in [0.5, 0.6) is 0 Å². The molecule has 6 nitrogen and oxygen atoms in total. The Kier molecular flexibility index (Phi) is 3.82. The molecular weight excluding hydrogens is 320 g/mol. The second-order valence-electron chi connectivity index (χ2n) is 5.95. The predicted molar refractivity (Wildman–Crippen MR) is 83.4 cm³/mol. The summed E-state index contributed by atoms with van der Waals surface area (Å²) in [6.07, 6.45) is -0.0998. The van der Waals surface area contributed by atoms with Gasteiger partial charge in [0.15, 0.2) is 17.4 Å². The minimum Gasteiger partial charge on any atom is -0.363 e. The number of nitrogens with zero attached hydrogens (tertiary/aromatic N) is 1. The highest BCUT2D eigenvalue weighted by Gasteiger charge is 2.31. The van der Waals surface area contributed by atoms with E-state index in [9.17, 15) is 23.2 Å². The van der Waals surface area contributed by atoms with Gasteiger partial charge in [0.1, 0.15) is 11.4 Å². The fourth-order valence-corrected chi connectivity index (χ4v) is 2.83. The van der Waals surface area contributed by atoms with Crippen LogP contribution in [0.2, 0.25) is 0 Å².